The zero-order valence-corrected chi connectivity index (χ0v) is 19.7. The van der Waals surface area contributed by atoms with Crippen LogP contribution in [0.15, 0.2) is 48.5 Å². The summed E-state index contributed by atoms with van der Waals surface area (Å²) in [7, 11) is 3.20. The van der Waals surface area contributed by atoms with Crippen molar-refractivity contribution >= 4 is 11.8 Å². The second-order valence-corrected chi connectivity index (χ2v) is 8.25. The van der Waals surface area contributed by atoms with Crippen LogP contribution in [0.5, 0.6) is 17.2 Å². The number of ether oxygens (including phenoxy) is 3. The monoisotopic (exact) mass is 454 g/mol. The zero-order chi connectivity index (χ0) is 23.6. The second-order valence-electron chi connectivity index (χ2n) is 8.25. The van der Waals surface area contributed by atoms with E-state index in [9.17, 15) is 9.59 Å². The van der Waals surface area contributed by atoms with Crippen molar-refractivity contribution in [3.05, 3.63) is 54.1 Å². The SMILES string of the molecule is CCC(C(=O)NC1CCCC1)N(Cc1cccc(OC)c1)C(=O)COc1ccc(OC)cc1. The molecule has 178 valence electrons. The summed E-state index contributed by atoms with van der Waals surface area (Å²) in [4.78, 5) is 28.1. The highest BCUT2D eigenvalue weighted by Gasteiger charge is 2.31. The smallest absolute Gasteiger partial charge is 0.261 e. The molecule has 1 saturated carbocycles. The van der Waals surface area contributed by atoms with Crippen LogP contribution in [0.2, 0.25) is 0 Å². The molecule has 0 spiro atoms. The predicted molar refractivity (Wildman–Crippen MR) is 127 cm³/mol. The van der Waals surface area contributed by atoms with Gasteiger partial charge in [0.1, 0.15) is 23.3 Å². The van der Waals surface area contributed by atoms with Crippen molar-refractivity contribution < 1.29 is 23.8 Å². The van der Waals surface area contributed by atoms with Crippen LogP contribution in [-0.2, 0) is 16.1 Å². The minimum Gasteiger partial charge on any atom is -0.497 e. The third kappa shape index (κ3) is 6.88. The fourth-order valence-corrected chi connectivity index (χ4v) is 4.15. The molecule has 1 aliphatic rings. The van der Waals surface area contributed by atoms with E-state index in [0.29, 0.717) is 30.2 Å². The number of nitrogens with one attached hydrogen (secondary N) is 1. The lowest BCUT2D eigenvalue weighted by Gasteiger charge is -2.31. The lowest BCUT2D eigenvalue weighted by molar-refractivity contribution is -0.143. The molecule has 2 aromatic rings. The molecule has 0 heterocycles. The van der Waals surface area contributed by atoms with E-state index in [0.717, 1.165) is 31.2 Å². The summed E-state index contributed by atoms with van der Waals surface area (Å²) in [6.45, 7) is 2.05. The van der Waals surface area contributed by atoms with Gasteiger partial charge < -0.3 is 24.4 Å². The molecule has 1 unspecified atom stereocenters. The Balaban J connectivity index is 1.75. The maximum atomic E-state index is 13.3. The van der Waals surface area contributed by atoms with E-state index >= 15 is 0 Å². The molecule has 7 heteroatoms. The van der Waals surface area contributed by atoms with Gasteiger partial charge in [-0.25, -0.2) is 0 Å². The van der Waals surface area contributed by atoms with E-state index in [1.807, 2.05) is 31.2 Å². The van der Waals surface area contributed by atoms with E-state index in [1.54, 1.807) is 43.4 Å². The van der Waals surface area contributed by atoms with Gasteiger partial charge in [0, 0.05) is 12.6 Å². The van der Waals surface area contributed by atoms with Crippen LogP contribution in [-0.4, -0.2) is 49.6 Å². The van der Waals surface area contributed by atoms with Crippen molar-refractivity contribution in [1.82, 2.24) is 10.2 Å². The Morgan fingerprint density at radius 2 is 1.67 bits per heavy atom. The highest BCUT2D eigenvalue weighted by molar-refractivity contribution is 5.88. The van der Waals surface area contributed by atoms with Crippen LogP contribution in [0, 0.1) is 0 Å². The Kier molecular flexibility index (Phi) is 8.98. The first-order chi connectivity index (χ1) is 16.0. The number of amides is 2. The maximum absolute atomic E-state index is 13.3. The quantitative estimate of drug-likeness (QED) is 0.556. The number of nitrogens with zero attached hydrogens (tertiary/aromatic N) is 1. The Morgan fingerprint density at radius 3 is 2.30 bits per heavy atom. The topological polar surface area (TPSA) is 77.1 Å². The minimum atomic E-state index is -0.580. The molecule has 2 amide bonds. The van der Waals surface area contributed by atoms with Gasteiger partial charge in [0.15, 0.2) is 6.61 Å². The predicted octanol–water partition coefficient (Wildman–Crippen LogP) is 3.95. The Bertz CT molecular complexity index is 909. The largest absolute Gasteiger partial charge is 0.497 e. The van der Waals surface area contributed by atoms with Crippen molar-refractivity contribution in [2.24, 2.45) is 0 Å². The van der Waals surface area contributed by atoms with Crippen LogP contribution in [0.4, 0.5) is 0 Å². The molecule has 0 radical (unpaired) electrons. The summed E-state index contributed by atoms with van der Waals surface area (Å²) in [5, 5.41) is 3.15. The zero-order valence-electron chi connectivity index (χ0n) is 19.7. The van der Waals surface area contributed by atoms with E-state index in [4.69, 9.17) is 14.2 Å². The number of rotatable bonds is 11. The standard InChI is InChI=1S/C26H34N2O5/c1-4-24(26(30)27-20-9-5-6-10-20)28(17-19-8-7-11-23(16-19)32-3)25(29)18-33-22-14-12-21(31-2)13-15-22/h7-8,11-16,20,24H,4-6,9-10,17-18H2,1-3H3,(H,27,30). The molecule has 1 fully saturated rings. The van der Waals surface area contributed by atoms with Crippen molar-refractivity contribution in [3.8, 4) is 17.2 Å². The van der Waals surface area contributed by atoms with Crippen molar-refractivity contribution in [2.45, 2.75) is 57.7 Å². The van der Waals surface area contributed by atoms with E-state index in [1.165, 1.54) is 0 Å². The van der Waals surface area contributed by atoms with Crippen LogP contribution >= 0.6 is 0 Å². The molecule has 0 aromatic heterocycles. The third-order valence-electron chi connectivity index (χ3n) is 6.00. The average Bonchev–Trinajstić information content (AvgIpc) is 3.35. The number of hydrogen-bond donors (Lipinski definition) is 1. The Hall–Kier alpha value is -3.22. The lowest BCUT2D eigenvalue weighted by Crippen LogP contribution is -2.52. The van der Waals surface area contributed by atoms with Crippen molar-refractivity contribution in [2.75, 3.05) is 20.8 Å². The van der Waals surface area contributed by atoms with Gasteiger partial charge in [-0.3, -0.25) is 9.59 Å². The van der Waals surface area contributed by atoms with Gasteiger partial charge in [-0.1, -0.05) is 31.9 Å². The molecule has 7 nitrogen and oxygen atoms in total. The molecular weight excluding hydrogens is 420 g/mol. The molecule has 1 N–H and O–H groups in total. The number of carbonyl (C=O) groups excluding carboxylic acids is 2. The molecule has 0 saturated heterocycles. The first-order valence-corrected chi connectivity index (χ1v) is 11.5. The van der Waals surface area contributed by atoms with Crippen LogP contribution < -0.4 is 19.5 Å². The minimum absolute atomic E-state index is 0.106. The number of benzene rings is 2. The average molecular weight is 455 g/mol. The fourth-order valence-electron chi connectivity index (χ4n) is 4.15. The number of methoxy groups -OCH3 is 2. The highest BCUT2D eigenvalue weighted by Crippen LogP contribution is 2.21. The summed E-state index contributed by atoms with van der Waals surface area (Å²) in [6, 6.07) is 14.2. The molecule has 33 heavy (non-hydrogen) atoms. The van der Waals surface area contributed by atoms with Crippen molar-refractivity contribution in [3.63, 3.8) is 0 Å². The molecule has 3 rings (SSSR count). The molecule has 2 aromatic carbocycles. The normalized spacial score (nSPS) is 14.4. The maximum Gasteiger partial charge on any atom is 0.261 e. The van der Waals surface area contributed by atoms with Gasteiger partial charge in [0.05, 0.1) is 14.2 Å². The molecule has 1 atom stereocenters. The van der Waals surface area contributed by atoms with Gasteiger partial charge in [0.25, 0.3) is 5.91 Å². The summed E-state index contributed by atoms with van der Waals surface area (Å²) >= 11 is 0. The van der Waals surface area contributed by atoms with Crippen LogP contribution in [0.1, 0.15) is 44.6 Å². The van der Waals surface area contributed by atoms with Crippen LogP contribution in [0.25, 0.3) is 0 Å². The Labute approximate surface area is 196 Å². The van der Waals surface area contributed by atoms with E-state index < -0.39 is 6.04 Å². The molecule has 0 aliphatic heterocycles. The van der Waals surface area contributed by atoms with E-state index in [2.05, 4.69) is 5.32 Å². The second kappa shape index (κ2) is 12.1. The van der Waals surface area contributed by atoms with Gasteiger partial charge in [0.2, 0.25) is 5.91 Å². The van der Waals surface area contributed by atoms with Gasteiger partial charge in [-0.15, -0.1) is 0 Å². The number of hydrogen-bond acceptors (Lipinski definition) is 5. The first kappa shape index (κ1) is 24.4. The summed E-state index contributed by atoms with van der Waals surface area (Å²) < 4.78 is 16.2. The highest BCUT2D eigenvalue weighted by atomic mass is 16.5. The summed E-state index contributed by atoms with van der Waals surface area (Å²) in [6.07, 6.45) is 4.75. The summed E-state index contributed by atoms with van der Waals surface area (Å²) in [5.41, 5.74) is 0.888. The van der Waals surface area contributed by atoms with Crippen molar-refractivity contribution in [1.29, 1.82) is 0 Å². The molecule has 0 bridgehead atoms. The van der Waals surface area contributed by atoms with E-state index in [-0.39, 0.29) is 24.5 Å². The fraction of sp³-hybridized carbons (Fsp3) is 0.462. The molecule has 1 aliphatic carbocycles. The lowest BCUT2D eigenvalue weighted by atomic mass is 10.1. The first-order valence-electron chi connectivity index (χ1n) is 11.5. The van der Waals surface area contributed by atoms with Gasteiger partial charge in [-0.05, 0) is 61.2 Å². The van der Waals surface area contributed by atoms with Gasteiger partial charge >= 0.3 is 0 Å². The van der Waals surface area contributed by atoms with Gasteiger partial charge in [-0.2, -0.15) is 0 Å². The summed E-state index contributed by atoms with van der Waals surface area (Å²) in [5.74, 6) is 1.63. The number of carbonyl (C=O) groups is 2. The van der Waals surface area contributed by atoms with Crippen LogP contribution in [0.3, 0.4) is 0 Å². The molecular formula is C26H34N2O5. The third-order valence-corrected chi connectivity index (χ3v) is 6.00. The Morgan fingerprint density at radius 1 is 1.00 bits per heavy atom.